The smallest absolute Gasteiger partial charge is 0.267 e. The standard InChI is InChI=1S/C14H11F2N3O/c1-9(12-7-11(15)4-5-13(12)16)18-19-14(20)10-3-2-6-17-8-10/h2-8H,1H3,(H,19,20)/b18-9-. The number of hydrogen-bond acceptors (Lipinski definition) is 3. The van der Waals surface area contributed by atoms with E-state index >= 15 is 0 Å². The van der Waals surface area contributed by atoms with E-state index in [-0.39, 0.29) is 11.3 Å². The Morgan fingerprint density at radius 2 is 2.10 bits per heavy atom. The molecule has 0 bridgehead atoms. The molecule has 0 aliphatic carbocycles. The van der Waals surface area contributed by atoms with E-state index in [4.69, 9.17) is 0 Å². The zero-order valence-corrected chi connectivity index (χ0v) is 10.6. The SMILES string of the molecule is C/C(=N/NC(=O)c1cccnc1)c1cc(F)ccc1F. The van der Waals surface area contributed by atoms with Crippen LogP contribution in [0.1, 0.15) is 22.8 Å². The average molecular weight is 275 g/mol. The van der Waals surface area contributed by atoms with E-state index in [9.17, 15) is 13.6 Å². The highest BCUT2D eigenvalue weighted by atomic mass is 19.1. The average Bonchev–Trinajstić information content (AvgIpc) is 2.47. The van der Waals surface area contributed by atoms with Crippen LogP contribution in [-0.4, -0.2) is 16.6 Å². The number of rotatable bonds is 3. The molecule has 4 nitrogen and oxygen atoms in total. The number of hydrogen-bond donors (Lipinski definition) is 1. The molecule has 1 aromatic heterocycles. The highest BCUT2D eigenvalue weighted by molar-refractivity contribution is 6.00. The van der Waals surface area contributed by atoms with Crippen LogP contribution in [0.25, 0.3) is 0 Å². The van der Waals surface area contributed by atoms with Crippen LogP contribution in [0, 0.1) is 11.6 Å². The molecule has 1 aromatic carbocycles. The number of halogens is 2. The molecule has 0 spiro atoms. The molecule has 0 aliphatic rings. The minimum atomic E-state index is -0.608. The van der Waals surface area contributed by atoms with E-state index < -0.39 is 17.5 Å². The van der Waals surface area contributed by atoms with Crippen LogP contribution in [-0.2, 0) is 0 Å². The molecule has 6 heteroatoms. The molecule has 0 saturated carbocycles. The van der Waals surface area contributed by atoms with Crippen LogP contribution in [0.2, 0.25) is 0 Å². The first-order valence-electron chi connectivity index (χ1n) is 5.78. The maximum Gasteiger partial charge on any atom is 0.272 e. The Morgan fingerprint density at radius 1 is 1.30 bits per heavy atom. The van der Waals surface area contributed by atoms with Gasteiger partial charge in [-0.15, -0.1) is 0 Å². The van der Waals surface area contributed by atoms with Crippen molar-refractivity contribution in [2.45, 2.75) is 6.92 Å². The van der Waals surface area contributed by atoms with Crippen LogP contribution in [0.4, 0.5) is 8.78 Å². The van der Waals surface area contributed by atoms with E-state index in [1.165, 1.54) is 19.3 Å². The number of carbonyl (C=O) groups is 1. The van der Waals surface area contributed by atoms with Crippen molar-refractivity contribution in [1.82, 2.24) is 10.4 Å². The van der Waals surface area contributed by atoms with Gasteiger partial charge in [0.05, 0.1) is 11.3 Å². The van der Waals surface area contributed by atoms with Gasteiger partial charge >= 0.3 is 0 Å². The first kappa shape index (κ1) is 13.8. The van der Waals surface area contributed by atoms with Gasteiger partial charge in [0.2, 0.25) is 0 Å². The molecular formula is C14H11F2N3O. The summed E-state index contributed by atoms with van der Waals surface area (Å²) in [5.74, 6) is -1.66. The molecule has 0 radical (unpaired) electrons. The van der Waals surface area contributed by atoms with E-state index in [1.54, 1.807) is 12.1 Å². The molecule has 0 atom stereocenters. The van der Waals surface area contributed by atoms with Gasteiger partial charge in [-0.3, -0.25) is 9.78 Å². The van der Waals surface area contributed by atoms with Crippen molar-refractivity contribution in [2.24, 2.45) is 5.10 Å². The van der Waals surface area contributed by atoms with Crippen LogP contribution in [0.5, 0.6) is 0 Å². The second-order valence-electron chi connectivity index (χ2n) is 4.00. The number of carbonyl (C=O) groups excluding carboxylic acids is 1. The molecule has 0 fully saturated rings. The predicted molar refractivity (Wildman–Crippen MR) is 70.3 cm³/mol. The topological polar surface area (TPSA) is 54.4 Å². The normalized spacial score (nSPS) is 11.2. The van der Waals surface area contributed by atoms with E-state index in [2.05, 4.69) is 15.5 Å². The zero-order chi connectivity index (χ0) is 14.5. The van der Waals surface area contributed by atoms with Crippen LogP contribution in [0.15, 0.2) is 47.8 Å². The summed E-state index contributed by atoms with van der Waals surface area (Å²) in [7, 11) is 0. The number of benzene rings is 1. The Bertz CT molecular complexity index is 657. The lowest BCUT2D eigenvalue weighted by Gasteiger charge is -2.04. The summed E-state index contributed by atoms with van der Waals surface area (Å²) in [5.41, 5.74) is 2.75. The van der Waals surface area contributed by atoms with Crippen LogP contribution in [0.3, 0.4) is 0 Å². The number of aromatic nitrogens is 1. The van der Waals surface area contributed by atoms with E-state index in [1.807, 2.05) is 0 Å². The minimum Gasteiger partial charge on any atom is -0.267 e. The number of pyridine rings is 1. The summed E-state index contributed by atoms with van der Waals surface area (Å²) in [4.78, 5) is 15.5. The second-order valence-corrected chi connectivity index (χ2v) is 4.00. The summed E-state index contributed by atoms with van der Waals surface area (Å²) in [6, 6.07) is 6.21. The van der Waals surface area contributed by atoms with Crippen molar-refractivity contribution in [1.29, 1.82) is 0 Å². The van der Waals surface area contributed by atoms with Crippen molar-refractivity contribution in [2.75, 3.05) is 0 Å². The molecule has 0 unspecified atom stereocenters. The predicted octanol–water partition coefficient (Wildman–Crippen LogP) is 2.51. The van der Waals surface area contributed by atoms with Gasteiger partial charge in [0, 0.05) is 18.0 Å². The van der Waals surface area contributed by atoms with Crippen molar-refractivity contribution in [3.05, 3.63) is 65.5 Å². The lowest BCUT2D eigenvalue weighted by molar-refractivity contribution is 0.0954. The monoisotopic (exact) mass is 275 g/mol. The summed E-state index contributed by atoms with van der Waals surface area (Å²) in [6.45, 7) is 1.47. The fourth-order valence-corrected chi connectivity index (χ4v) is 1.53. The molecule has 2 aromatic rings. The first-order valence-corrected chi connectivity index (χ1v) is 5.78. The third kappa shape index (κ3) is 3.23. The quantitative estimate of drug-likeness (QED) is 0.691. The number of nitrogens with zero attached hydrogens (tertiary/aromatic N) is 2. The summed E-state index contributed by atoms with van der Waals surface area (Å²) in [6.07, 6.45) is 2.91. The van der Waals surface area contributed by atoms with Gasteiger partial charge in [0.15, 0.2) is 0 Å². The van der Waals surface area contributed by atoms with Crippen LogP contribution >= 0.6 is 0 Å². The Hall–Kier alpha value is -2.63. The highest BCUT2D eigenvalue weighted by Gasteiger charge is 2.08. The van der Waals surface area contributed by atoms with Crippen molar-refractivity contribution >= 4 is 11.6 Å². The van der Waals surface area contributed by atoms with Gasteiger partial charge in [0.1, 0.15) is 11.6 Å². The van der Waals surface area contributed by atoms with Gasteiger partial charge in [0.25, 0.3) is 5.91 Å². The second kappa shape index (κ2) is 6.01. The number of nitrogens with one attached hydrogen (secondary N) is 1. The summed E-state index contributed by atoms with van der Waals surface area (Å²) in [5, 5.41) is 3.76. The van der Waals surface area contributed by atoms with Gasteiger partial charge in [-0.1, -0.05) is 0 Å². The molecule has 2 rings (SSSR count). The summed E-state index contributed by atoms with van der Waals surface area (Å²) < 4.78 is 26.6. The molecule has 1 amide bonds. The van der Waals surface area contributed by atoms with Crippen molar-refractivity contribution in [3.63, 3.8) is 0 Å². The largest absolute Gasteiger partial charge is 0.272 e. The lowest BCUT2D eigenvalue weighted by atomic mass is 10.1. The molecule has 0 saturated heterocycles. The third-order valence-electron chi connectivity index (χ3n) is 2.57. The molecule has 1 N–H and O–H groups in total. The van der Waals surface area contributed by atoms with Gasteiger partial charge < -0.3 is 0 Å². The molecule has 1 heterocycles. The zero-order valence-electron chi connectivity index (χ0n) is 10.6. The first-order chi connectivity index (χ1) is 9.58. The maximum atomic E-state index is 13.5. The highest BCUT2D eigenvalue weighted by Crippen LogP contribution is 2.10. The van der Waals surface area contributed by atoms with Gasteiger partial charge in [-0.25, -0.2) is 14.2 Å². The molecule has 20 heavy (non-hydrogen) atoms. The third-order valence-corrected chi connectivity index (χ3v) is 2.57. The van der Waals surface area contributed by atoms with Crippen molar-refractivity contribution < 1.29 is 13.6 Å². The van der Waals surface area contributed by atoms with Crippen LogP contribution < -0.4 is 5.43 Å². The Kier molecular flexibility index (Phi) is 4.14. The fourth-order valence-electron chi connectivity index (χ4n) is 1.53. The molecule has 0 aliphatic heterocycles. The van der Waals surface area contributed by atoms with Gasteiger partial charge in [-0.2, -0.15) is 5.10 Å². The Morgan fingerprint density at radius 3 is 2.80 bits per heavy atom. The maximum absolute atomic E-state index is 13.5. The minimum absolute atomic E-state index is 0.00325. The Balaban J connectivity index is 2.15. The lowest BCUT2D eigenvalue weighted by Crippen LogP contribution is -2.19. The van der Waals surface area contributed by atoms with Crippen molar-refractivity contribution in [3.8, 4) is 0 Å². The summed E-state index contributed by atoms with van der Waals surface area (Å²) >= 11 is 0. The number of hydrazone groups is 1. The van der Waals surface area contributed by atoms with E-state index in [0.29, 0.717) is 5.56 Å². The Labute approximate surface area is 114 Å². The van der Waals surface area contributed by atoms with E-state index in [0.717, 1.165) is 18.2 Å². The number of amides is 1. The molecular weight excluding hydrogens is 264 g/mol. The molecule has 102 valence electrons. The van der Waals surface area contributed by atoms with Gasteiger partial charge in [-0.05, 0) is 37.3 Å². The fraction of sp³-hybridized carbons (Fsp3) is 0.0714.